The van der Waals surface area contributed by atoms with Crippen molar-refractivity contribution < 1.29 is 9.47 Å². The molecule has 0 fully saturated rings. The van der Waals surface area contributed by atoms with Gasteiger partial charge in [-0.25, -0.2) is 0 Å². The normalized spacial score (nSPS) is 11.9. The van der Waals surface area contributed by atoms with Gasteiger partial charge in [0.1, 0.15) is 17.2 Å². The summed E-state index contributed by atoms with van der Waals surface area (Å²) in [5.74, 6) is 2.44. The van der Waals surface area contributed by atoms with Gasteiger partial charge < -0.3 is 15.2 Å². The Morgan fingerprint density at radius 2 is 1.70 bits per heavy atom. The highest BCUT2D eigenvalue weighted by Crippen LogP contribution is 2.24. The minimum atomic E-state index is 0.200. The van der Waals surface area contributed by atoms with Crippen molar-refractivity contribution in [1.82, 2.24) is 0 Å². The third kappa shape index (κ3) is 4.00. The lowest BCUT2D eigenvalue weighted by Crippen LogP contribution is -2.21. The van der Waals surface area contributed by atoms with E-state index in [1.807, 2.05) is 42.5 Å². The zero-order valence-electron chi connectivity index (χ0n) is 12.0. The Hall–Kier alpha value is -2.00. The predicted molar refractivity (Wildman–Crippen MR) is 81.5 cm³/mol. The standard InChI is InChI=1S/C17H21NO2/c1-3-14(18)11-13-5-4-6-17(12-13)20-16-9-7-15(19-2)8-10-16/h4-10,12,14H,3,11,18H2,1-2H3. The minimum absolute atomic E-state index is 0.200. The molecule has 0 aromatic heterocycles. The fraction of sp³-hybridized carbons (Fsp3) is 0.294. The second-order valence-corrected chi connectivity index (χ2v) is 4.80. The van der Waals surface area contributed by atoms with Gasteiger partial charge >= 0.3 is 0 Å². The van der Waals surface area contributed by atoms with E-state index >= 15 is 0 Å². The maximum Gasteiger partial charge on any atom is 0.127 e. The van der Waals surface area contributed by atoms with Crippen molar-refractivity contribution in [1.29, 1.82) is 0 Å². The van der Waals surface area contributed by atoms with Crippen LogP contribution < -0.4 is 15.2 Å². The molecular weight excluding hydrogens is 250 g/mol. The summed E-state index contributed by atoms with van der Waals surface area (Å²) < 4.78 is 11.0. The van der Waals surface area contributed by atoms with Gasteiger partial charge in [-0.3, -0.25) is 0 Å². The molecule has 3 heteroatoms. The second-order valence-electron chi connectivity index (χ2n) is 4.80. The molecule has 3 nitrogen and oxygen atoms in total. The molecule has 0 radical (unpaired) electrons. The van der Waals surface area contributed by atoms with Crippen molar-refractivity contribution in [2.24, 2.45) is 5.73 Å². The van der Waals surface area contributed by atoms with Gasteiger partial charge in [0.05, 0.1) is 7.11 Å². The SMILES string of the molecule is CCC(N)Cc1cccc(Oc2ccc(OC)cc2)c1. The van der Waals surface area contributed by atoms with Crippen molar-refractivity contribution in [2.75, 3.05) is 7.11 Å². The summed E-state index contributed by atoms with van der Waals surface area (Å²) in [6.07, 6.45) is 1.85. The summed E-state index contributed by atoms with van der Waals surface area (Å²) in [5, 5.41) is 0. The van der Waals surface area contributed by atoms with Gasteiger partial charge in [-0.15, -0.1) is 0 Å². The summed E-state index contributed by atoms with van der Waals surface area (Å²) in [7, 11) is 1.65. The molecule has 0 bridgehead atoms. The first-order chi connectivity index (χ1) is 9.71. The van der Waals surface area contributed by atoms with Crippen molar-refractivity contribution in [2.45, 2.75) is 25.8 Å². The van der Waals surface area contributed by atoms with E-state index in [1.54, 1.807) is 7.11 Å². The van der Waals surface area contributed by atoms with Crippen LogP contribution in [-0.2, 0) is 6.42 Å². The quantitative estimate of drug-likeness (QED) is 0.869. The topological polar surface area (TPSA) is 44.5 Å². The number of hydrogen-bond donors (Lipinski definition) is 1. The molecule has 0 amide bonds. The predicted octanol–water partition coefficient (Wildman–Crippen LogP) is 3.77. The molecule has 0 heterocycles. The highest BCUT2D eigenvalue weighted by Gasteiger charge is 2.04. The highest BCUT2D eigenvalue weighted by molar-refractivity contribution is 5.37. The van der Waals surface area contributed by atoms with Gasteiger partial charge in [0, 0.05) is 6.04 Å². The van der Waals surface area contributed by atoms with Gasteiger partial charge in [-0.1, -0.05) is 19.1 Å². The van der Waals surface area contributed by atoms with E-state index in [1.165, 1.54) is 5.56 Å². The van der Waals surface area contributed by atoms with Crippen molar-refractivity contribution in [3.8, 4) is 17.2 Å². The van der Waals surface area contributed by atoms with Gasteiger partial charge in [0.25, 0.3) is 0 Å². The highest BCUT2D eigenvalue weighted by atomic mass is 16.5. The van der Waals surface area contributed by atoms with Crippen LogP contribution in [0.1, 0.15) is 18.9 Å². The largest absolute Gasteiger partial charge is 0.497 e. The van der Waals surface area contributed by atoms with Crippen LogP contribution in [0.5, 0.6) is 17.2 Å². The third-order valence-electron chi connectivity index (χ3n) is 3.22. The molecular formula is C17H21NO2. The molecule has 20 heavy (non-hydrogen) atoms. The number of rotatable bonds is 6. The first-order valence-corrected chi connectivity index (χ1v) is 6.87. The first kappa shape index (κ1) is 14.4. The molecule has 1 unspecified atom stereocenters. The van der Waals surface area contributed by atoms with Gasteiger partial charge in [0.2, 0.25) is 0 Å². The molecule has 0 aliphatic rings. The molecule has 0 aliphatic carbocycles. The molecule has 0 saturated carbocycles. The Bertz CT molecular complexity index is 537. The van der Waals surface area contributed by atoms with Crippen LogP contribution in [0, 0.1) is 0 Å². The van der Waals surface area contributed by atoms with E-state index in [-0.39, 0.29) is 6.04 Å². The lowest BCUT2D eigenvalue weighted by atomic mass is 10.0. The monoisotopic (exact) mass is 271 g/mol. The second kappa shape index (κ2) is 6.96. The summed E-state index contributed by atoms with van der Waals surface area (Å²) in [5.41, 5.74) is 7.18. The fourth-order valence-electron chi connectivity index (χ4n) is 1.96. The molecule has 106 valence electrons. The molecule has 0 aliphatic heterocycles. The van der Waals surface area contributed by atoms with E-state index in [0.717, 1.165) is 30.1 Å². The lowest BCUT2D eigenvalue weighted by molar-refractivity contribution is 0.413. The zero-order chi connectivity index (χ0) is 14.4. The summed E-state index contributed by atoms with van der Waals surface area (Å²) in [6.45, 7) is 2.10. The van der Waals surface area contributed by atoms with Crippen molar-refractivity contribution in [3.05, 3.63) is 54.1 Å². The van der Waals surface area contributed by atoms with Crippen LogP contribution in [0.3, 0.4) is 0 Å². The molecule has 0 saturated heterocycles. The Balaban J connectivity index is 2.06. The van der Waals surface area contributed by atoms with E-state index in [2.05, 4.69) is 13.0 Å². The first-order valence-electron chi connectivity index (χ1n) is 6.87. The summed E-state index contributed by atoms with van der Waals surface area (Å²) >= 11 is 0. The Morgan fingerprint density at radius 3 is 2.35 bits per heavy atom. The molecule has 0 spiro atoms. The molecule has 2 aromatic carbocycles. The van der Waals surface area contributed by atoms with Crippen LogP contribution in [0.2, 0.25) is 0 Å². The van der Waals surface area contributed by atoms with Crippen molar-refractivity contribution in [3.63, 3.8) is 0 Å². The maximum atomic E-state index is 5.98. The zero-order valence-corrected chi connectivity index (χ0v) is 12.0. The fourth-order valence-corrected chi connectivity index (χ4v) is 1.96. The van der Waals surface area contributed by atoms with Crippen LogP contribution in [-0.4, -0.2) is 13.2 Å². The number of hydrogen-bond acceptors (Lipinski definition) is 3. The summed E-state index contributed by atoms with van der Waals surface area (Å²) in [6, 6.07) is 15.8. The number of benzene rings is 2. The number of ether oxygens (including phenoxy) is 2. The average molecular weight is 271 g/mol. The van der Waals surface area contributed by atoms with Gasteiger partial charge in [-0.05, 0) is 54.8 Å². The van der Waals surface area contributed by atoms with Gasteiger partial charge in [-0.2, -0.15) is 0 Å². The molecule has 2 N–H and O–H groups in total. The molecule has 2 rings (SSSR count). The van der Waals surface area contributed by atoms with E-state index in [0.29, 0.717) is 0 Å². The number of methoxy groups -OCH3 is 1. The van der Waals surface area contributed by atoms with Crippen molar-refractivity contribution >= 4 is 0 Å². The van der Waals surface area contributed by atoms with E-state index in [4.69, 9.17) is 15.2 Å². The Kier molecular flexibility index (Phi) is 5.02. The van der Waals surface area contributed by atoms with Crippen LogP contribution in [0.25, 0.3) is 0 Å². The van der Waals surface area contributed by atoms with Gasteiger partial charge in [0.15, 0.2) is 0 Å². The van der Waals surface area contributed by atoms with E-state index < -0.39 is 0 Å². The van der Waals surface area contributed by atoms with Crippen LogP contribution >= 0.6 is 0 Å². The average Bonchev–Trinajstić information content (AvgIpc) is 2.48. The Morgan fingerprint density at radius 1 is 1.00 bits per heavy atom. The van der Waals surface area contributed by atoms with Crippen LogP contribution in [0.4, 0.5) is 0 Å². The third-order valence-corrected chi connectivity index (χ3v) is 3.22. The maximum absolute atomic E-state index is 5.98. The minimum Gasteiger partial charge on any atom is -0.497 e. The van der Waals surface area contributed by atoms with Crippen LogP contribution in [0.15, 0.2) is 48.5 Å². The number of nitrogens with two attached hydrogens (primary N) is 1. The molecule has 2 aromatic rings. The summed E-state index contributed by atoms with van der Waals surface area (Å²) in [4.78, 5) is 0. The smallest absolute Gasteiger partial charge is 0.127 e. The molecule has 1 atom stereocenters. The van der Waals surface area contributed by atoms with E-state index in [9.17, 15) is 0 Å². The Labute approximate surface area is 120 Å². The lowest BCUT2D eigenvalue weighted by Gasteiger charge is -2.11.